The second-order valence-corrected chi connectivity index (χ2v) is 7.07. The molecule has 6 nitrogen and oxygen atoms in total. The number of benzene rings is 1. The monoisotopic (exact) mass is 328 g/mol. The first-order valence-corrected chi connectivity index (χ1v) is 8.49. The maximum Gasteiger partial charge on any atom is 0.238 e. The number of carbonyl (C=O) groups excluding carboxylic acids is 2. The SMILES string of the molecule is O=C(CC1Sc2ccccc2NC1=O)Nc1cc(C2CC2)[nH]n1. The number of anilines is 2. The number of rotatable bonds is 4. The predicted molar refractivity (Wildman–Crippen MR) is 88.5 cm³/mol. The number of hydrogen-bond acceptors (Lipinski definition) is 4. The Balaban J connectivity index is 1.39. The van der Waals surface area contributed by atoms with Crippen LogP contribution < -0.4 is 10.6 Å². The number of para-hydroxylation sites is 1. The van der Waals surface area contributed by atoms with Crippen molar-refractivity contribution >= 4 is 35.1 Å². The predicted octanol–water partition coefficient (Wildman–Crippen LogP) is 2.73. The van der Waals surface area contributed by atoms with Gasteiger partial charge in [-0.15, -0.1) is 11.8 Å². The molecule has 7 heteroatoms. The molecule has 1 aliphatic heterocycles. The van der Waals surface area contributed by atoms with E-state index in [0.717, 1.165) is 16.3 Å². The largest absolute Gasteiger partial charge is 0.324 e. The molecule has 3 N–H and O–H groups in total. The summed E-state index contributed by atoms with van der Waals surface area (Å²) in [5.41, 5.74) is 1.87. The zero-order chi connectivity index (χ0) is 15.8. The van der Waals surface area contributed by atoms with Gasteiger partial charge in [0.05, 0.1) is 10.9 Å². The average Bonchev–Trinajstić information content (AvgIpc) is 3.28. The number of fused-ring (bicyclic) bond motifs is 1. The first-order valence-electron chi connectivity index (χ1n) is 7.61. The van der Waals surface area contributed by atoms with Crippen LogP contribution in [0.2, 0.25) is 0 Å². The van der Waals surface area contributed by atoms with Gasteiger partial charge in [0.1, 0.15) is 0 Å². The lowest BCUT2D eigenvalue weighted by Crippen LogP contribution is -2.32. The summed E-state index contributed by atoms with van der Waals surface area (Å²) in [7, 11) is 0. The fourth-order valence-corrected chi connectivity index (χ4v) is 3.70. The molecular weight excluding hydrogens is 312 g/mol. The lowest BCUT2D eigenvalue weighted by Gasteiger charge is -2.23. The number of hydrogen-bond donors (Lipinski definition) is 3. The number of nitrogens with one attached hydrogen (secondary N) is 3. The Morgan fingerprint density at radius 3 is 3.00 bits per heavy atom. The van der Waals surface area contributed by atoms with E-state index in [-0.39, 0.29) is 18.2 Å². The minimum atomic E-state index is -0.424. The molecule has 1 aromatic heterocycles. The highest BCUT2D eigenvalue weighted by atomic mass is 32.2. The van der Waals surface area contributed by atoms with Crippen LogP contribution in [0.1, 0.15) is 30.9 Å². The summed E-state index contributed by atoms with van der Waals surface area (Å²) in [4.78, 5) is 25.3. The summed E-state index contributed by atoms with van der Waals surface area (Å²) in [6, 6.07) is 9.48. The quantitative estimate of drug-likeness (QED) is 0.805. The summed E-state index contributed by atoms with van der Waals surface area (Å²) < 4.78 is 0. The zero-order valence-electron chi connectivity index (χ0n) is 12.3. The summed E-state index contributed by atoms with van der Waals surface area (Å²) in [6.07, 6.45) is 2.47. The highest BCUT2D eigenvalue weighted by Crippen LogP contribution is 2.39. The number of nitrogens with zero attached hydrogens (tertiary/aromatic N) is 1. The average molecular weight is 328 g/mol. The van der Waals surface area contributed by atoms with Crippen molar-refractivity contribution in [1.29, 1.82) is 0 Å². The molecule has 2 amide bonds. The third kappa shape index (κ3) is 3.10. The van der Waals surface area contributed by atoms with E-state index in [2.05, 4.69) is 20.8 Å². The van der Waals surface area contributed by atoms with E-state index in [1.807, 2.05) is 30.3 Å². The van der Waals surface area contributed by atoms with Gasteiger partial charge in [-0.05, 0) is 25.0 Å². The molecule has 0 bridgehead atoms. The fraction of sp³-hybridized carbons (Fsp3) is 0.312. The van der Waals surface area contributed by atoms with Gasteiger partial charge in [-0.25, -0.2) is 0 Å². The molecule has 1 unspecified atom stereocenters. The van der Waals surface area contributed by atoms with Gasteiger partial charge in [0.2, 0.25) is 11.8 Å². The second-order valence-electron chi connectivity index (χ2n) is 5.83. The van der Waals surface area contributed by atoms with Crippen molar-refractivity contribution in [2.24, 2.45) is 0 Å². The highest BCUT2D eigenvalue weighted by molar-refractivity contribution is 8.01. The Morgan fingerprint density at radius 1 is 1.35 bits per heavy atom. The van der Waals surface area contributed by atoms with Gasteiger partial charge in [-0.3, -0.25) is 14.7 Å². The molecule has 1 aliphatic carbocycles. The van der Waals surface area contributed by atoms with Gasteiger partial charge in [-0.1, -0.05) is 12.1 Å². The van der Waals surface area contributed by atoms with Crippen LogP contribution in [-0.2, 0) is 9.59 Å². The van der Waals surface area contributed by atoms with Crippen molar-refractivity contribution in [3.05, 3.63) is 36.0 Å². The molecule has 1 atom stereocenters. The van der Waals surface area contributed by atoms with Gasteiger partial charge < -0.3 is 10.6 Å². The Kier molecular flexibility index (Phi) is 3.57. The van der Waals surface area contributed by atoms with Gasteiger partial charge in [-0.2, -0.15) is 5.10 Å². The Labute approximate surface area is 137 Å². The van der Waals surface area contributed by atoms with Crippen LogP contribution in [0.15, 0.2) is 35.2 Å². The number of aromatic nitrogens is 2. The molecular formula is C16H16N4O2S. The fourth-order valence-electron chi connectivity index (χ4n) is 2.59. The van der Waals surface area contributed by atoms with Crippen molar-refractivity contribution in [1.82, 2.24) is 10.2 Å². The Hall–Kier alpha value is -2.28. The second kappa shape index (κ2) is 5.73. The summed E-state index contributed by atoms with van der Waals surface area (Å²) in [5, 5.41) is 12.2. The van der Waals surface area contributed by atoms with E-state index in [4.69, 9.17) is 0 Å². The molecule has 23 heavy (non-hydrogen) atoms. The summed E-state index contributed by atoms with van der Waals surface area (Å²) in [6.45, 7) is 0. The maximum absolute atomic E-state index is 12.2. The number of aromatic amines is 1. The highest BCUT2D eigenvalue weighted by Gasteiger charge is 2.29. The zero-order valence-corrected chi connectivity index (χ0v) is 13.2. The van der Waals surface area contributed by atoms with Crippen LogP contribution >= 0.6 is 11.8 Å². The van der Waals surface area contributed by atoms with Crippen molar-refractivity contribution in [3.63, 3.8) is 0 Å². The van der Waals surface area contributed by atoms with E-state index in [9.17, 15) is 9.59 Å². The van der Waals surface area contributed by atoms with Crippen LogP contribution in [0.25, 0.3) is 0 Å². The first-order chi connectivity index (χ1) is 11.2. The van der Waals surface area contributed by atoms with Crippen LogP contribution in [-0.4, -0.2) is 27.3 Å². The molecule has 2 aromatic rings. The smallest absolute Gasteiger partial charge is 0.238 e. The van der Waals surface area contributed by atoms with Crippen molar-refractivity contribution in [2.75, 3.05) is 10.6 Å². The molecule has 118 valence electrons. The Morgan fingerprint density at radius 2 is 2.17 bits per heavy atom. The normalized spacial score (nSPS) is 19.8. The standard InChI is InChI=1S/C16H16N4O2S/c21-15(18-14-7-11(19-20-14)9-5-6-9)8-13-16(22)17-10-3-1-2-4-12(10)23-13/h1-4,7,9,13H,5-6,8H2,(H,17,22)(H2,18,19,20,21). The third-order valence-corrected chi connectivity index (χ3v) is 5.23. The van der Waals surface area contributed by atoms with E-state index >= 15 is 0 Å². The van der Waals surface area contributed by atoms with Crippen molar-refractivity contribution in [3.8, 4) is 0 Å². The molecule has 4 rings (SSSR count). The maximum atomic E-state index is 12.2. The third-order valence-electron chi connectivity index (χ3n) is 3.96. The number of amides is 2. The summed E-state index contributed by atoms with van der Waals surface area (Å²) in [5.74, 6) is 0.748. The van der Waals surface area contributed by atoms with E-state index in [1.165, 1.54) is 24.6 Å². The van der Waals surface area contributed by atoms with E-state index < -0.39 is 5.25 Å². The van der Waals surface area contributed by atoms with Gasteiger partial charge in [0.15, 0.2) is 5.82 Å². The molecule has 0 spiro atoms. The van der Waals surface area contributed by atoms with Crippen LogP contribution in [0, 0.1) is 0 Å². The minimum absolute atomic E-state index is 0.121. The van der Waals surface area contributed by atoms with Gasteiger partial charge in [0, 0.05) is 29.0 Å². The molecule has 0 radical (unpaired) electrons. The topological polar surface area (TPSA) is 86.9 Å². The summed E-state index contributed by atoms with van der Waals surface area (Å²) >= 11 is 1.42. The lowest BCUT2D eigenvalue weighted by atomic mass is 10.2. The number of thioether (sulfide) groups is 1. The van der Waals surface area contributed by atoms with E-state index in [1.54, 1.807) is 0 Å². The van der Waals surface area contributed by atoms with Gasteiger partial charge in [0.25, 0.3) is 0 Å². The van der Waals surface area contributed by atoms with Crippen molar-refractivity contribution < 1.29 is 9.59 Å². The Bertz CT molecular complexity index is 769. The van der Waals surface area contributed by atoms with Crippen LogP contribution in [0.5, 0.6) is 0 Å². The molecule has 1 aromatic carbocycles. The minimum Gasteiger partial charge on any atom is -0.324 e. The molecule has 1 saturated carbocycles. The molecule has 2 aliphatic rings. The van der Waals surface area contributed by atoms with Crippen LogP contribution in [0.3, 0.4) is 0 Å². The number of H-pyrrole nitrogens is 1. The lowest BCUT2D eigenvalue weighted by molar-refractivity contribution is -0.120. The number of carbonyl (C=O) groups is 2. The first kappa shape index (κ1) is 14.3. The van der Waals surface area contributed by atoms with Crippen molar-refractivity contribution in [2.45, 2.75) is 35.3 Å². The molecule has 0 saturated heterocycles. The van der Waals surface area contributed by atoms with Crippen LogP contribution in [0.4, 0.5) is 11.5 Å². The van der Waals surface area contributed by atoms with E-state index in [0.29, 0.717) is 11.7 Å². The van der Waals surface area contributed by atoms with Gasteiger partial charge >= 0.3 is 0 Å². The molecule has 1 fully saturated rings. The molecule has 2 heterocycles.